The highest BCUT2D eigenvalue weighted by Gasteiger charge is 2.63. The standard InChI is InChI=1S/C27H37NO4S/c1-17-4-8-21(9-5-17)33(30,31)32-20-12-13-26(2)18(14-20)6-10-22-23-11-7-19(16-28)27(23,3)15-24(29)25(22)26/h4-5,8-9,18-20,22-25,29H,6-7,10-15H2,1-3H3/t18-,19+,20+,22-,23-,24-,25+,26-,27+/m0/s1. The second kappa shape index (κ2) is 8.07. The molecule has 4 fully saturated rings. The Balaban J connectivity index is 1.33. The van der Waals surface area contributed by atoms with E-state index < -0.39 is 10.1 Å². The first-order valence-corrected chi connectivity index (χ1v) is 14.1. The van der Waals surface area contributed by atoms with Gasteiger partial charge in [0.2, 0.25) is 0 Å². The highest BCUT2D eigenvalue weighted by Crippen LogP contribution is 2.67. The van der Waals surface area contributed by atoms with Crippen LogP contribution in [0.2, 0.25) is 0 Å². The lowest BCUT2D eigenvalue weighted by Gasteiger charge is -2.62. The van der Waals surface area contributed by atoms with Gasteiger partial charge in [0, 0.05) is 0 Å². The lowest BCUT2D eigenvalue weighted by molar-refractivity contribution is -0.173. The Morgan fingerprint density at radius 3 is 2.48 bits per heavy atom. The number of fused-ring (bicyclic) bond motifs is 5. The molecule has 4 aliphatic rings. The third-order valence-electron chi connectivity index (χ3n) is 10.3. The lowest BCUT2D eigenvalue weighted by Crippen LogP contribution is -2.59. The zero-order valence-corrected chi connectivity index (χ0v) is 20.9. The second-order valence-corrected chi connectivity index (χ2v) is 13.4. The molecule has 0 bridgehead atoms. The zero-order chi connectivity index (χ0) is 23.6. The molecule has 6 heteroatoms. The van der Waals surface area contributed by atoms with Crippen LogP contribution in [0.15, 0.2) is 29.2 Å². The van der Waals surface area contributed by atoms with Crippen LogP contribution in [0.4, 0.5) is 0 Å². The summed E-state index contributed by atoms with van der Waals surface area (Å²) < 4.78 is 31.5. The third kappa shape index (κ3) is 3.66. The predicted octanol–water partition coefficient (Wildman–Crippen LogP) is 5.22. The van der Waals surface area contributed by atoms with E-state index in [0.29, 0.717) is 24.2 Å². The van der Waals surface area contributed by atoms with Gasteiger partial charge in [-0.3, -0.25) is 4.18 Å². The number of aliphatic hydroxyl groups excluding tert-OH is 1. The first kappa shape index (κ1) is 23.3. The summed E-state index contributed by atoms with van der Waals surface area (Å²) in [5.41, 5.74) is 0.952. The van der Waals surface area contributed by atoms with Crippen LogP contribution >= 0.6 is 0 Å². The quantitative estimate of drug-likeness (QED) is 0.611. The average molecular weight is 472 g/mol. The van der Waals surface area contributed by atoms with Gasteiger partial charge in [-0.2, -0.15) is 13.7 Å². The third-order valence-corrected chi connectivity index (χ3v) is 11.6. The van der Waals surface area contributed by atoms with Crippen molar-refractivity contribution < 1.29 is 17.7 Å². The summed E-state index contributed by atoms with van der Waals surface area (Å²) >= 11 is 0. The maximum Gasteiger partial charge on any atom is 0.297 e. The molecule has 0 heterocycles. The minimum absolute atomic E-state index is 0.00186. The van der Waals surface area contributed by atoms with E-state index in [1.807, 2.05) is 6.92 Å². The zero-order valence-electron chi connectivity index (χ0n) is 20.0. The molecule has 0 aliphatic heterocycles. The first-order chi connectivity index (χ1) is 15.6. The minimum Gasteiger partial charge on any atom is -0.393 e. The molecule has 5 rings (SSSR count). The van der Waals surface area contributed by atoms with Crippen molar-refractivity contribution in [1.82, 2.24) is 0 Å². The molecule has 9 atom stereocenters. The molecule has 0 aromatic heterocycles. The largest absolute Gasteiger partial charge is 0.393 e. The molecule has 0 amide bonds. The Hall–Kier alpha value is -1.42. The number of nitrogens with zero attached hydrogens (tertiary/aromatic N) is 1. The molecule has 5 nitrogen and oxygen atoms in total. The van der Waals surface area contributed by atoms with Crippen LogP contribution in [-0.2, 0) is 14.3 Å². The lowest BCUT2D eigenvalue weighted by atomic mass is 9.44. The molecule has 1 aromatic carbocycles. The van der Waals surface area contributed by atoms with Crippen molar-refractivity contribution in [2.24, 2.45) is 40.4 Å². The van der Waals surface area contributed by atoms with Crippen LogP contribution in [0.3, 0.4) is 0 Å². The molecule has 180 valence electrons. The number of aliphatic hydroxyl groups is 1. The molecule has 0 saturated heterocycles. The van der Waals surface area contributed by atoms with Gasteiger partial charge < -0.3 is 5.11 Å². The average Bonchev–Trinajstić information content (AvgIpc) is 3.09. The van der Waals surface area contributed by atoms with Gasteiger partial charge in [0.1, 0.15) is 0 Å². The van der Waals surface area contributed by atoms with Crippen molar-refractivity contribution in [1.29, 1.82) is 5.26 Å². The van der Waals surface area contributed by atoms with Gasteiger partial charge in [-0.05, 0) is 105 Å². The SMILES string of the molecule is Cc1ccc(S(=O)(=O)O[C@@H]2CC[C@@]3(C)[C@@H](CC[C@@H]4[C@@H]3[C@@H](O)C[C@]3(C)[C@@H](C#N)CC[C@@H]43)C2)cc1. The van der Waals surface area contributed by atoms with Gasteiger partial charge in [-0.1, -0.05) is 31.5 Å². The van der Waals surface area contributed by atoms with E-state index in [1.54, 1.807) is 24.3 Å². The van der Waals surface area contributed by atoms with Gasteiger partial charge in [-0.15, -0.1) is 0 Å². The van der Waals surface area contributed by atoms with Crippen molar-refractivity contribution in [2.75, 3.05) is 0 Å². The normalized spacial score (nSPS) is 44.9. The summed E-state index contributed by atoms with van der Waals surface area (Å²) in [4.78, 5) is 0.223. The van der Waals surface area contributed by atoms with Crippen molar-refractivity contribution >= 4 is 10.1 Å². The van der Waals surface area contributed by atoms with Gasteiger partial charge in [0.15, 0.2) is 0 Å². The molecular weight excluding hydrogens is 434 g/mol. The highest BCUT2D eigenvalue weighted by molar-refractivity contribution is 7.86. The molecule has 0 unspecified atom stereocenters. The molecule has 1 aromatic rings. The topological polar surface area (TPSA) is 87.4 Å². The van der Waals surface area contributed by atoms with Gasteiger partial charge in [-0.25, -0.2) is 0 Å². The highest BCUT2D eigenvalue weighted by atomic mass is 32.2. The Bertz CT molecular complexity index is 1050. The molecule has 0 spiro atoms. The maximum absolute atomic E-state index is 12.9. The van der Waals surface area contributed by atoms with Crippen LogP contribution in [0.5, 0.6) is 0 Å². The molecule has 0 radical (unpaired) electrons. The van der Waals surface area contributed by atoms with Crippen LogP contribution < -0.4 is 0 Å². The molecule has 4 saturated carbocycles. The second-order valence-electron chi connectivity index (χ2n) is 11.9. The molecular formula is C27H37NO4S. The summed E-state index contributed by atoms with van der Waals surface area (Å²) in [6.45, 7) is 6.51. The fourth-order valence-electron chi connectivity index (χ4n) is 8.58. The smallest absolute Gasteiger partial charge is 0.297 e. The van der Waals surface area contributed by atoms with Crippen LogP contribution in [0.25, 0.3) is 0 Å². The molecule has 4 aliphatic carbocycles. The number of aryl methyl sites for hydroxylation is 1. The summed E-state index contributed by atoms with van der Waals surface area (Å²) in [5, 5.41) is 21.1. The van der Waals surface area contributed by atoms with Gasteiger partial charge >= 0.3 is 0 Å². The van der Waals surface area contributed by atoms with E-state index in [2.05, 4.69) is 19.9 Å². The van der Waals surface area contributed by atoms with E-state index in [9.17, 15) is 18.8 Å². The predicted molar refractivity (Wildman–Crippen MR) is 125 cm³/mol. The maximum atomic E-state index is 12.9. The molecule has 33 heavy (non-hydrogen) atoms. The first-order valence-electron chi connectivity index (χ1n) is 12.7. The summed E-state index contributed by atoms with van der Waals surface area (Å²) in [5.74, 6) is 1.63. The van der Waals surface area contributed by atoms with Gasteiger partial charge in [0.25, 0.3) is 10.1 Å². The van der Waals surface area contributed by atoms with Crippen molar-refractivity contribution in [3.05, 3.63) is 29.8 Å². The summed E-state index contributed by atoms with van der Waals surface area (Å²) in [6.07, 6.45) is 6.55. The van der Waals surface area contributed by atoms with E-state index in [1.165, 1.54) is 0 Å². The minimum atomic E-state index is -3.78. The van der Waals surface area contributed by atoms with Gasteiger partial charge in [0.05, 0.1) is 29.1 Å². The van der Waals surface area contributed by atoms with Crippen LogP contribution in [0.1, 0.15) is 70.8 Å². The van der Waals surface area contributed by atoms with Crippen molar-refractivity contribution in [2.45, 2.75) is 89.2 Å². The Labute approximate surface area is 198 Å². The number of nitriles is 1. The fourth-order valence-corrected chi connectivity index (χ4v) is 9.70. The number of hydrogen-bond donors (Lipinski definition) is 1. The van der Waals surface area contributed by atoms with Crippen LogP contribution in [-0.4, -0.2) is 25.7 Å². The monoisotopic (exact) mass is 471 g/mol. The molecule has 1 N–H and O–H groups in total. The van der Waals surface area contributed by atoms with E-state index in [-0.39, 0.29) is 39.8 Å². The van der Waals surface area contributed by atoms with E-state index in [0.717, 1.165) is 50.5 Å². The fraction of sp³-hybridized carbons (Fsp3) is 0.741. The summed E-state index contributed by atoms with van der Waals surface area (Å²) in [7, 11) is -3.78. The van der Waals surface area contributed by atoms with Crippen molar-refractivity contribution in [3.63, 3.8) is 0 Å². The summed E-state index contributed by atoms with van der Waals surface area (Å²) in [6, 6.07) is 9.38. The Morgan fingerprint density at radius 2 is 1.79 bits per heavy atom. The number of rotatable bonds is 3. The van der Waals surface area contributed by atoms with E-state index in [4.69, 9.17) is 4.18 Å². The van der Waals surface area contributed by atoms with E-state index >= 15 is 0 Å². The van der Waals surface area contributed by atoms with Crippen LogP contribution in [0, 0.1) is 58.7 Å². The Morgan fingerprint density at radius 1 is 1.06 bits per heavy atom. The number of hydrogen-bond acceptors (Lipinski definition) is 5. The number of benzene rings is 1. The van der Waals surface area contributed by atoms with Crippen molar-refractivity contribution in [3.8, 4) is 6.07 Å². The Kier molecular flexibility index (Phi) is 5.70.